The van der Waals surface area contributed by atoms with Gasteiger partial charge in [-0.05, 0) is 52.2 Å². The molecule has 2 aromatic carbocycles. The predicted octanol–water partition coefficient (Wildman–Crippen LogP) is 3.92. The van der Waals surface area contributed by atoms with Crippen molar-refractivity contribution in [3.63, 3.8) is 0 Å². The van der Waals surface area contributed by atoms with Crippen LogP contribution in [-0.4, -0.2) is 18.3 Å². The van der Waals surface area contributed by atoms with Crippen molar-refractivity contribution < 1.29 is 9.84 Å². The highest BCUT2D eigenvalue weighted by atomic mass is 79.9. The van der Waals surface area contributed by atoms with Crippen molar-refractivity contribution in [1.82, 2.24) is 5.32 Å². The average molecular weight is 387 g/mol. The van der Waals surface area contributed by atoms with E-state index >= 15 is 0 Å². The number of ether oxygens (including phenoxy) is 1. The first kappa shape index (κ1) is 19.0. The van der Waals surface area contributed by atoms with Crippen molar-refractivity contribution in [2.24, 2.45) is 0 Å². The molecule has 22 heavy (non-hydrogen) atoms. The number of hydrogen-bond acceptors (Lipinski definition) is 3. The zero-order chi connectivity index (χ0) is 14.9. The van der Waals surface area contributed by atoms with Crippen molar-refractivity contribution in [2.75, 3.05) is 13.2 Å². The average Bonchev–Trinajstić information content (AvgIpc) is 2.52. The van der Waals surface area contributed by atoms with Gasteiger partial charge in [0.15, 0.2) is 0 Å². The Morgan fingerprint density at radius 1 is 1.05 bits per heavy atom. The molecule has 5 heteroatoms. The molecule has 0 fully saturated rings. The van der Waals surface area contributed by atoms with Crippen LogP contribution >= 0.6 is 28.3 Å². The van der Waals surface area contributed by atoms with Gasteiger partial charge < -0.3 is 15.2 Å². The summed E-state index contributed by atoms with van der Waals surface area (Å²) in [5.41, 5.74) is 2.34. The highest BCUT2D eigenvalue weighted by Gasteiger charge is 2.03. The van der Waals surface area contributed by atoms with Crippen molar-refractivity contribution >= 4 is 28.3 Å². The zero-order valence-electron chi connectivity index (χ0n) is 12.3. The molecule has 0 amide bonds. The Morgan fingerprint density at radius 3 is 2.50 bits per heavy atom. The maximum atomic E-state index is 8.73. The number of benzene rings is 2. The molecule has 0 heterocycles. The van der Waals surface area contributed by atoms with Crippen molar-refractivity contribution in [3.8, 4) is 5.75 Å². The van der Waals surface area contributed by atoms with E-state index in [9.17, 15) is 0 Å². The first-order valence-electron chi connectivity index (χ1n) is 7.06. The van der Waals surface area contributed by atoms with Crippen LogP contribution in [-0.2, 0) is 13.2 Å². The van der Waals surface area contributed by atoms with Crippen LogP contribution in [0.15, 0.2) is 53.0 Å². The summed E-state index contributed by atoms with van der Waals surface area (Å²) in [5, 5.41) is 12.0. The summed E-state index contributed by atoms with van der Waals surface area (Å²) >= 11 is 3.55. The van der Waals surface area contributed by atoms with Crippen LogP contribution in [0, 0.1) is 0 Å². The third-order valence-corrected chi connectivity index (χ3v) is 3.69. The first-order valence-corrected chi connectivity index (χ1v) is 7.85. The molecule has 2 rings (SSSR count). The molecule has 0 unspecified atom stereocenters. The van der Waals surface area contributed by atoms with E-state index in [1.165, 1.54) is 5.56 Å². The molecule has 0 atom stereocenters. The Balaban J connectivity index is 0.00000242. The standard InChI is InChI=1S/C17H20BrNO2.ClH/c18-16-11-15(12-19-9-4-10-20)7-8-17(16)21-13-14-5-2-1-3-6-14;/h1-3,5-8,11,19-20H,4,9-10,12-13H2;1H. The lowest BCUT2D eigenvalue weighted by Crippen LogP contribution is -2.15. The zero-order valence-corrected chi connectivity index (χ0v) is 14.7. The molecular weight excluding hydrogens is 366 g/mol. The molecule has 0 aliphatic carbocycles. The minimum absolute atomic E-state index is 0. The molecule has 0 bridgehead atoms. The lowest BCUT2D eigenvalue weighted by Gasteiger charge is -2.10. The number of halogens is 2. The van der Waals surface area contributed by atoms with E-state index in [1.807, 2.05) is 36.4 Å². The summed E-state index contributed by atoms with van der Waals surface area (Å²) in [4.78, 5) is 0. The van der Waals surface area contributed by atoms with Gasteiger partial charge in [0.05, 0.1) is 4.47 Å². The van der Waals surface area contributed by atoms with Crippen molar-refractivity contribution in [3.05, 3.63) is 64.1 Å². The van der Waals surface area contributed by atoms with Gasteiger partial charge in [0.2, 0.25) is 0 Å². The highest BCUT2D eigenvalue weighted by Crippen LogP contribution is 2.26. The summed E-state index contributed by atoms with van der Waals surface area (Å²) in [5.74, 6) is 0.845. The fourth-order valence-corrected chi connectivity index (χ4v) is 2.48. The van der Waals surface area contributed by atoms with E-state index in [1.54, 1.807) is 0 Å². The van der Waals surface area contributed by atoms with Crippen LogP contribution in [0.25, 0.3) is 0 Å². The molecule has 120 valence electrons. The third kappa shape index (κ3) is 6.36. The predicted molar refractivity (Wildman–Crippen MR) is 95.6 cm³/mol. The Morgan fingerprint density at radius 2 is 1.82 bits per heavy atom. The van der Waals surface area contributed by atoms with Crippen LogP contribution in [0.3, 0.4) is 0 Å². The van der Waals surface area contributed by atoms with E-state index in [-0.39, 0.29) is 19.0 Å². The van der Waals surface area contributed by atoms with Gasteiger partial charge >= 0.3 is 0 Å². The fourth-order valence-electron chi connectivity index (χ4n) is 1.94. The van der Waals surface area contributed by atoms with E-state index in [0.717, 1.165) is 35.3 Å². The minimum atomic E-state index is 0. The number of aliphatic hydroxyl groups is 1. The maximum Gasteiger partial charge on any atom is 0.134 e. The normalized spacial score (nSPS) is 10.1. The van der Waals surface area contributed by atoms with E-state index in [4.69, 9.17) is 9.84 Å². The Hall–Kier alpha value is -1.07. The number of nitrogens with one attached hydrogen (secondary N) is 1. The minimum Gasteiger partial charge on any atom is -0.488 e. The summed E-state index contributed by atoms with van der Waals surface area (Å²) in [7, 11) is 0. The molecule has 0 aliphatic heterocycles. The van der Waals surface area contributed by atoms with Crippen LogP contribution in [0.5, 0.6) is 5.75 Å². The van der Waals surface area contributed by atoms with E-state index in [0.29, 0.717) is 6.61 Å². The lowest BCUT2D eigenvalue weighted by molar-refractivity contribution is 0.286. The van der Waals surface area contributed by atoms with E-state index in [2.05, 4.69) is 33.4 Å². The molecular formula is C17H21BrClNO2. The Bertz CT molecular complexity index is 552. The quantitative estimate of drug-likeness (QED) is 0.676. The molecule has 0 spiro atoms. The number of rotatable bonds is 8. The second kappa shape index (κ2) is 10.6. The van der Waals surface area contributed by atoms with Crippen LogP contribution in [0.4, 0.5) is 0 Å². The molecule has 2 aromatic rings. The van der Waals surface area contributed by atoms with Crippen LogP contribution in [0.2, 0.25) is 0 Å². The van der Waals surface area contributed by atoms with Gasteiger partial charge in [-0.1, -0.05) is 36.4 Å². The monoisotopic (exact) mass is 385 g/mol. The molecule has 0 saturated heterocycles. The number of aliphatic hydroxyl groups excluding tert-OH is 1. The van der Waals surface area contributed by atoms with Gasteiger partial charge in [-0.3, -0.25) is 0 Å². The van der Waals surface area contributed by atoms with Crippen molar-refractivity contribution in [1.29, 1.82) is 0 Å². The summed E-state index contributed by atoms with van der Waals surface area (Å²) in [6.45, 7) is 2.40. The molecule has 0 aliphatic rings. The Labute approximate surface area is 146 Å². The topological polar surface area (TPSA) is 41.5 Å². The second-order valence-corrected chi connectivity index (χ2v) is 5.65. The van der Waals surface area contributed by atoms with Gasteiger partial charge in [0.25, 0.3) is 0 Å². The maximum absolute atomic E-state index is 8.73. The molecule has 0 saturated carbocycles. The van der Waals surface area contributed by atoms with Crippen molar-refractivity contribution in [2.45, 2.75) is 19.6 Å². The SMILES string of the molecule is Cl.OCCCNCc1ccc(OCc2ccccc2)c(Br)c1. The number of hydrogen-bond donors (Lipinski definition) is 2. The van der Waals surface area contributed by atoms with E-state index < -0.39 is 0 Å². The van der Waals surface area contributed by atoms with Gasteiger partial charge in [-0.15, -0.1) is 12.4 Å². The molecule has 3 nitrogen and oxygen atoms in total. The van der Waals surface area contributed by atoms with Gasteiger partial charge in [-0.2, -0.15) is 0 Å². The molecule has 2 N–H and O–H groups in total. The molecule has 0 aromatic heterocycles. The highest BCUT2D eigenvalue weighted by molar-refractivity contribution is 9.10. The fraction of sp³-hybridized carbons (Fsp3) is 0.294. The second-order valence-electron chi connectivity index (χ2n) is 4.79. The first-order chi connectivity index (χ1) is 10.3. The van der Waals surface area contributed by atoms with Gasteiger partial charge in [0.1, 0.15) is 12.4 Å². The summed E-state index contributed by atoms with van der Waals surface area (Å²) in [6, 6.07) is 16.2. The lowest BCUT2D eigenvalue weighted by atomic mass is 10.2. The molecule has 0 radical (unpaired) electrons. The largest absolute Gasteiger partial charge is 0.488 e. The van der Waals surface area contributed by atoms with Gasteiger partial charge in [-0.25, -0.2) is 0 Å². The van der Waals surface area contributed by atoms with Crippen LogP contribution < -0.4 is 10.1 Å². The Kier molecular flexibility index (Phi) is 9.16. The summed E-state index contributed by atoms with van der Waals surface area (Å²) < 4.78 is 6.78. The summed E-state index contributed by atoms with van der Waals surface area (Å²) in [6.07, 6.45) is 0.777. The van der Waals surface area contributed by atoms with Crippen LogP contribution in [0.1, 0.15) is 17.5 Å². The van der Waals surface area contributed by atoms with Gasteiger partial charge in [0, 0.05) is 13.2 Å². The smallest absolute Gasteiger partial charge is 0.134 e. The third-order valence-electron chi connectivity index (χ3n) is 3.07.